The van der Waals surface area contributed by atoms with E-state index in [1.54, 1.807) is 0 Å². The Kier molecular flexibility index (Phi) is 3.65. The molecule has 0 aromatic heterocycles. The smallest absolute Gasteiger partial charge is 0.0498 e. The summed E-state index contributed by atoms with van der Waals surface area (Å²) in [5.41, 5.74) is 1.26. The largest absolute Gasteiger partial charge is 0.0866 e. The average Bonchev–Trinajstić information content (AvgIpc) is 2.50. The van der Waals surface area contributed by atoms with Crippen LogP contribution in [0.5, 0.6) is 0 Å². The van der Waals surface area contributed by atoms with Crippen molar-refractivity contribution in [3.05, 3.63) is 48.3 Å². The van der Waals surface area contributed by atoms with E-state index in [2.05, 4.69) is 60.1 Å². The lowest BCUT2D eigenvalue weighted by atomic mass is 10.2. The van der Waals surface area contributed by atoms with E-state index in [0.717, 1.165) is 4.47 Å². The van der Waals surface area contributed by atoms with Crippen LogP contribution in [0.25, 0.3) is 6.08 Å². The Bertz CT molecular complexity index is 413. The van der Waals surface area contributed by atoms with E-state index in [-0.39, 0.29) is 0 Å². The summed E-state index contributed by atoms with van der Waals surface area (Å²) in [4.78, 5) is 2.84. The summed E-state index contributed by atoms with van der Waals surface area (Å²) in [7, 11) is 0. The molecule has 78 valence electrons. The third kappa shape index (κ3) is 2.92. The van der Waals surface area contributed by atoms with E-state index >= 15 is 0 Å². The molecule has 1 heterocycles. The van der Waals surface area contributed by atoms with Crippen LogP contribution < -0.4 is 0 Å². The van der Waals surface area contributed by atoms with Gasteiger partial charge in [-0.05, 0) is 47.4 Å². The maximum absolute atomic E-state index is 3.44. The second kappa shape index (κ2) is 4.81. The van der Waals surface area contributed by atoms with Crippen LogP contribution in [0, 0.1) is 0 Å². The molecule has 2 rings (SSSR count). The van der Waals surface area contributed by atoms with Crippen LogP contribution in [-0.2, 0) is 0 Å². The highest BCUT2D eigenvalue weighted by Gasteiger charge is 2.13. The number of halogens is 1. The molecule has 1 aromatic rings. The van der Waals surface area contributed by atoms with Crippen molar-refractivity contribution < 1.29 is 0 Å². The van der Waals surface area contributed by atoms with Gasteiger partial charge in [-0.15, -0.1) is 0 Å². The Labute approximate surface area is 107 Å². The first-order valence-corrected chi connectivity index (χ1v) is 7.08. The highest BCUT2D eigenvalue weighted by molar-refractivity contribution is 9.10. The molecule has 0 aliphatic carbocycles. The molecule has 1 aliphatic rings. The fraction of sp³-hybridized carbons (Fsp3) is 0.167. The van der Waals surface area contributed by atoms with Gasteiger partial charge >= 0.3 is 0 Å². The molecule has 3 heteroatoms. The van der Waals surface area contributed by atoms with Crippen LogP contribution in [0.15, 0.2) is 42.8 Å². The Hall–Kier alpha value is -0.120. The van der Waals surface area contributed by atoms with E-state index in [4.69, 9.17) is 0 Å². The number of hydrogen-bond acceptors (Lipinski definition) is 2. The predicted octanol–water partition coefficient (Wildman–Crippen LogP) is 5.48. The van der Waals surface area contributed by atoms with E-state index in [1.807, 2.05) is 23.5 Å². The zero-order chi connectivity index (χ0) is 10.8. The molecule has 0 amide bonds. The molecular formula is C12H11BrS2. The molecule has 0 bridgehead atoms. The van der Waals surface area contributed by atoms with Crippen LogP contribution in [0.1, 0.15) is 19.4 Å². The number of rotatable bonds is 1. The Morgan fingerprint density at radius 1 is 1.00 bits per heavy atom. The average molecular weight is 299 g/mol. The maximum Gasteiger partial charge on any atom is 0.0498 e. The summed E-state index contributed by atoms with van der Waals surface area (Å²) in [6, 6.07) is 8.40. The third-order valence-corrected chi connectivity index (χ3v) is 5.18. The lowest BCUT2D eigenvalue weighted by Gasteiger charge is -1.97. The Morgan fingerprint density at radius 3 is 2.07 bits per heavy atom. The van der Waals surface area contributed by atoms with Gasteiger partial charge in [-0.25, -0.2) is 0 Å². The first kappa shape index (κ1) is 11.4. The van der Waals surface area contributed by atoms with Crippen molar-refractivity contribution in [2.45, 2.75) is 13.8 Å². The molecule has 0 N–H and O–H groups in total. The van der Waals surface area contributed by atoms with Gasteiger partial charge in [-0.3, -0.25) is 0 Å². The van der Waals surface area contributed by atoms with Crippen LogP contribution in [0.2, 0.25) is 0 Å². The fourth-order valence-electron chi connectivity index (χ4n) is 1.22. The molecule has 15 heavy (non-hydrogen) atoms. The first-order valence-electron chi connectivity index (χ1n) is 4.65. The SMILES string of the molecule is CC1=C(C)SC(=Cc2ccc(Br)cc2)S1. The minimum absolute atomic E-state index is 1.13. The highest BCUT2D eigenvalue weighted by atomic mass is 79.9. The zero-order valence-corrected chi connectivity index (χ0v) is 11.8. The van der Waals surface area contributed by atoms with Gasteiger partial charge in [0.1, 0.15) is 0 Å². The zero-order valence-electron chi connectivity index (χ0n) is 8.58. The molecule has 0 saturated heterocycles. The van der Waals surface area contributed by atoms with E-state index < -0.39 is 0 Å². The Morgan fingerprint density at radius 2 is 1.53 bits per heavy atom. The number of benzene rings is 1. The van der Waals surface area contributed by atoms with Gasteiger partial charge in [-0.1, -0.05) is 51.6 Å². The van der Waals surface area contributed by atoms with Gasteiger partial charge in [0.2, 0.25) is 0 Å². The van der Waals surface area contributed by atoms with E-state index in [0.29, 0.717) is 0 Å². The van der Waals surface area contributed by atoms with Gasteiger partial charge in [0.05, 0.1) is 0 Å². The summed E-state index contributed by atoms with van der Waals surface area (Å²) in [6.07, 6.45) is 2.24. The number of hydrogen-bond donors (Lipinski definition) is 0. The van der Waals surface area contributed by atoms with Crippen molar-refractivity contribution in [1.29, 1.82) is 0 Å². The van der Waals surface area contributed by atoms with Crippen molar-refractivity contribution in [2.24, 2.45) is 0 Å². The van der Waals surface area contributed by atoms with Crippen LogP contribution >= 0.6 is 39.5 Å². The van der Waals surface area contributed by atoms with Crippen molar-refractivity contribution in [3.63, 3.8) is 0 Å². The van der Waals surface area contributed by atoms with Crippen molar-refractivity contribution in [1.82, 2.24) is 0 Å². The summed E-state index contributed by atoms with van der Waals surface area (Å²) in [5.74, 6) is 0. The highest BCUT2D eigenvalue weighted by Crippen LogP contribution is 2.49. The van der Waals surface area contributed by atoms with Gasteiger partial charge in [0, 0.05) is 8.71 Å². The van der Waals surface area contributed by atoms with Crippen LogP contribution in [-0.4, -0.2) is 0 Å². The van der Waals surface area contributed by atoms with Crippen molar-refractivity contribution in [3.8, 4) is 0 Å². The monoisotopic (exact) mass is 298 g/mol. The summed E-state index contributed by atoms with van der Waals surface area (Å²) in [5, 5.41) is 0. The summed E-state index contributed by atoms with van der Waals surface area (Å²) < 4.78 is 2.49. The fourth-order valence-corrected chi connectivity index (χ4v) is 3.93. The molecule has 1 aliphatic heterocycles. The standard InChI is InChI=1S/C12H11BrS2/c1-8-9(2)15-12(14-8)7-10-3-5-11(13)6-4-10/h3-7H,1-2H3. The molecule has 0 saturated carbocycles. The Balaban J connectivity index is 2.16. The van der Waals surface area contributed by atoms with E-state index in [1.165, 1.54) is 19.6 Å². The van der Waals surface area contributed by atoms with Crippen LogP contribution in [0.3, 0.4) is 0 Å². The maximum atomic E-state index is 3.44. The summed E-state index contributed by atoms with van der Waals surface area (Å²) >= 11 is 7.17. The lowest BCUT2D eigenvalue weighted by Crippen LogP contribution is -1.71. The first-order chi connectivity index (χ1) is 7.15. The van der Waals surface area contributed by atoms with Gasteiger partial charge < -0.3 is 0 Å². The minimum Gasteiger partial charge on any atom is -0.0866 e. The number of allylic oxidation sites excluding steroid dienone is 2. The number of thioether (sulfide) groups is 2. The second-order valence-corrected chi connectivity index (χ2v) is 7.02. The second-order valence-electron chi connectivity index (χ2n) is 3.33. The molecule has 0 fully saturated rings. The molecule has 0 atom stereocenters. The molecule has 0 spiro atoms. The van der Waals surface area contributed by atoms with Crippen molar-refractivity contribution >= 4 is 45.5 Å². The lowest BCUT2D eigenvalue weighted by molar-refractivity contribution is 1.57. The van der Waals surface area contributed by atoms with Gasteiger partial charge in [0.15, 0.2) is 0 Å². The topological polar surface area (TPSA) is 0 Å². The third-order valence-electron chi connectivity index (χ3n) is 2.16. The normalized spacial score (nSPS) is 16.1. The molecule has 0 nitrogen and oxygen atoms in total. The molecular weight excluding hydrogens is 288 g/mol. The minimum atomic E-state index is 1.13. The van der Waals surface area contributed by atoms with Gasteiger partial charge in [-0.2, -0.15) is 0 Å². The van der Waals surface area contributed by atoms with Crippen molar-refractivity contribution in [2.75, 3.05) is 0 Å². The quantitative estimate of drug-likeness (QED) is 0.673. The van der Waals surface area contributed by atoms with Crippen LogP contribution in [0.4, 0.5) is 0 Å². The van der Waals surface area contributed by atoms with Gasteiger partial charge in [0.25, 0.3) is 0 Å². The van der Waals surface area contributed by atoms with E-state index in [9.17, 15) is 0 Å². The molecule has 1 aromatic carbocycles. The summed E-state index contributed by atoms with van der Waals surface area (Å²) in [6.45, 7) is 4.35. The predicted molar refractivity (Wildman–Crippen MR) is 75.7 cm³/mol. The molecule has 0 radical (unpaired) electrons. The molecule has 0 unspecified atom stereocenters.